The molecule has 1 aromatic rings. The third kappa shape index (κ3) is 3.01. The number of allylic oxidation sites excluding steroid dienone is 2. The second kappa shape index (κ2) is 6.60. The fourth-order valence-corrected chi connectivity index (χ4v) is 4.02. The van der Waals surface area contributed by atoms with E-state index in [1.165, 1.54) is 0 Å². The minimum absolute atomic E-state index is 0.0793. The summed E-state index contributed by atoms with van der Waals surface area (Å²) in [6.07, 6.45) is 1.20. The van der Waals surface area contributed by atoms with Crippen molar-refractivity contribution < 1.29 is 14.3 Å². The number of ketones is 1. The van der Waals surface area contributed by atoms with Crippen molar-refractivity contribution in [2.24, 2.45) is 16.3 Å². The van der Waals surface area contributed by atoms with Gasteiger partial charge in [-0.2, -0.15) is 5.26 Å². The zero-order valence-corrected chi connectivity index (χ0v) is 15.9. The van der Waals surface area contributed by atoms with E-state index in [2.05, 4.69) is 24.9 Å². The molecule has 1 aliphatic heterocycles. The third-order valence-electron chi connectivity index (χ3n) is 5.22. The van der Waals surface area contributed by atoms with Gasteiger partial charge in [-0.1, -0.05) is 19.9 Å². The molecule has 5 heteroatoms. The van der Waals surface area contributed by atoms with Gasteiger partial charge in [-0.3, -0.25) is 9.79 Å². The zero-order valence-electron chi connectivity index (χ0n) is 15.9. The number of carbonyl (C=O) groups excluding carboxylic acids is 1. The quantitative estimate of drug-likeness (QED) is 0.823. The summed E-state index contributed by atoms with van der Waals surface area (Å²) in [5, 5.41) is 9.81. The molecule has 0 aromatic heterocycles. The van der Waals surface area contributed by atoms with E-state index < -0.39 is 5.92 Å². The summed E-state index contributed by atoms with van der Waals surface area (Å²) in [6.45, 7) is 6.03. The maximum atomic E-state index is 13.0. The van der Waals surface area contributed by atoms with Crippen LogP contribution in [0.2, 0.25) is 0 Å². The van der Waals surface area contributed by atoms with Crippen LogP contribution in [0.5, 0.6) is 11.5 Å². The number of Topliss-reactive ketones (excluding diaryl/α,β-unsaturated/α-hetero) is 1. The van der Waals surface area contributed by atoms with Crippen molar-refractivity contribution in [1.29, 1.82) is 5.26 Å². The van der Waals surface area contributed by atoms with Crippen molar-refractivity contribution in [2.45, 2.75) is 39.5 Å². The lowest BCUT2D eigenvalue weighted by molar-refractivity contribution is -0.118. The summed E-state index contributed by atoms with van der Waals surface area (Å²) in [5.74, 6) is 0.521. The highest BCUT2D eigenvalue weighted by Crippen LogP contribution is 2.49. The number of aliphatic imine (C=N–C) groups is 1. The van der Waals surface area contributed by atoms with Crippen LogP contribution in [0.3, 0.4) is 0 Å². The molecule has 0 fully saturated rings. The van der Waals surface area contributed by atoms with Gasteiger partial charge in [0.05, 0.1) is 26.2 Å². The molecule has 136 valence electrons. The minimum Gasteiger partial charge on any atom is -0.497 e. The highest BCUT2D eigenvalue weighted by atomic mass is 16.5. The number of hydrogen-bond donors (Lipinski definition) is 0. The van der Waals surface area contributed by atoms with Crippen molar-refractivity contribution in [2.75, 3.05) is 14.2 Å². The van der Waals surface area contributed by atoms with Crippen LogP contribution in [0.4, 0.5) is 0 Å². The number of ether oxygens (including phenoxy) is 2. The van der Waals surface area contributed by atoms with Crippen LogP contribution in [-0.2, 0) is 4.79 Å². The molecule has 26 heavy (non-hydrogen) atoms. The van der Waals surface area contributed by atoms with Crippen molar-refractivity contribution >= 4 is 11.5 Å². The molecule has 5 nitrogen and oxygen atoms in total. The normalized spacial score (nSPS) is 24.5. The summed E-state index contributed by atoms with van der Waals surface area (Å²) in [7, 11) is 3.18. The number of methoxy groups -OCH3 is 2. The molecular weight excluding hydrogens is 328 g/mol. The van der Waals surface area contributed by atoms with Crippen molar-refractivity contribution in [3.8, 4) is 17.6 Å². The second-order valence-electron chi connectivity index (χ2n) is 7.75. The number of hydrogen-bond acceptors (Lipinski definition) is 5. The standard InChI is InChI=1S/C21H24N2O3/c1-12-15(11-22)19(14-7-6-13(25-4)8-18(14)26-5)20-16(23-12)9-21(2,3)10-17(20)24/h6-8,15,19H,9-10H2,1-5H3/t15?,19-/m0/s1. The topological polar surface area (TPSA) is 71.7 Å². The molecule has 1 heterocycles. The van der Waals surface area contributed by atoms with E-state index in [0.29, 0.717) is 23.5 Å². The Bertz CT molecular complexity index is 858. The van der Waals surface area contributed by atoms with Gasteiger partial charge in [0.25, 0.3) is 0 Å². The van der Waals surface area contributed by atoms with Gasteiger partial charge in [-0.05, 0) is 24.8 Å². The van der Waals surface area contributed by atoms with Crippen LogP contribution in [0, 0.1) is 22.7 Å². The average Bonchev–Trinajstić information content (AvgIpc) is 2.58. The van der Waals surface area contributed by atoms with Gasteiger partial charge in [0.2, 0.25) is 0 Å². The van der Waals surface area contributed by atoms with Gasteiger partial charge in [0, 0.05) is 41.0 Å². The highest BCUT2D eigenvalue weighted by Gasteiger charge is 2.44. The first-order valence-electron chi connectivity index (χ1n) is 8.74. The van der Waals surface area contributed by atoms with Gasteiger partial charge in [0.1, 0.15) is 11.5 Å². The Balaban J connectivity index is 2.21. The number of benzene rings is 1. The molecule has 2 atom stereocenters. The number of nitriles is 1. The first-order chi connectivity index (χ1) is 12.3. The van der Waals surface area contributed by atoms with Crippen molar-refractivity contribution in [1.82, 2.24) is 0 Å². The Labute approximate surface area is 154 Å². The van der Waals surface area contributed by atoms with Gasteiger partial charge in [-0.25, -0.2) is 0 Å². The van der Waals surface area contributed by atoms with Crippen molar-refractivity contribution in [3.05, 3.63) is 35.0 Å². The van der Waals surface area contributed by atoms with Crippen LogP contribution >= 0.6 is 0 Å². The number of nitrogens with zero attached hydrogens (tertiary/aromatic N) is 2. The summed E-state index contributed by atoms with van der Waals surface area (Å²) in [4.78, 5) is 17.7. The summed E-state index contributed by atoms with van der Waals surface area (Å²) in [5.41, 5.74) is 2.95. The van der Waals surface area contributed by atoms with E-state index in [1.807, 2.05) is 19.1 Å². The lowest BCUT2D eigenvalue weighted by Crippen LogP contribution is -2.35. The molecular formula is C21H24N2O3. The van der Waals surface area contributed by atoms with E-state index >= 15 is 0 Å². The summed E-state index contributed by atoms with van der Waals surface area (Å²) < 4.78 is 10.8. The Hall–Kier alpha value is -2.61. The second-order valence-corrected chi connectivity index (χ2v) is 7.75. The number of rotatable bonds is 3. The molecule has 0 saturated carbocycles. The van der Waals surface area contributed by atoms with E-state index in [1.54, 1.807) is 20.3 Å². The molecule has 1 aliphatic carbocycles. The fraction of sp³-hybridized carbons (Fsp3) is 0.476. The van der Waals surface area contributed by atoms with E-state index in [-0.39, 0.29) is 17.1 Å². The maximum absolute atomic E-state index is 13.0. The van der Waals surface area contributed by atoms with Crippen LogP contribution in [0.15, 0.2) is 34.5 Å². The Morgan fingerprint density at radius 2 is 1.96 bits per heavy atom. The largest absolute Gasteiger partial charge is 0.497 e. The van der Waals surface area contributed by atoms with Gasteiger partial charge < -0.3 is 9.47 Å². The van der Waals surface area contributed by atoms with Gasteiger partial charge in [0.15, 0.2) is 5.78 Å². The predicted molar refractivity (Wildman–Crippen MR) is 99.5 cm³/mol. The van der Waals surface area contributed by atoms with Crippen LogP contribution in [0.25, 0.3) is 0 Å². The smallest absolute Gasteiger partial charge is 0.161 e. The van der Waals surface area contributed by atoms with Crippen molar-refractivity contribution in [3.63, 3.8) is 0 Å². The molecule has 0 radical (unpaired) electrons. The Kier molecular flexibility index (Phi) is 4.62. The van der Waals surface area contributed by atoms with Crippen LogP contribution < -0.4 is 9.47 Å². The zero-order chi connectivity index (χ0) is 19.1. The van der Waals surface area contributed by atoms with E-state index in [0.717, 1.165) is 23.4 Å². The van der Waals surface area contributed by atoms with Crippen LogP contribution in [0.1, 0.15) is 45.1 Å². The third-order valence-corrected chi connectivity index (χ3v) is 5.22. The molecule has 3 rings (SSSR count). The fourth-order valence-electron chi connectivity index (χ4n) is 4.02. The summed E-state index contributed by atoms with van der Waals surface area (Å²) >= 11 is 0. The van der Waals surface area contributed by atoms with E-state index in [4.69, 9.17) is 9.47 Å². The lowest BCUT2D eigenvalue weighted by Gasteiger charge is -2.38. The monoisotopic (exact) mass is 352 g/mol. The molecule has 0 amide bonds. The van der Waals surface area contributed by atoms with Gasteiger partial charge in [-0.15, -0.1) is 0 Å². The van der Waals surface area contributed by atoms with E-state index in [9.17, 15) is 10.1 Å². The average molecular weight is 352 g/mol. The summed E-state index contributed by atoms with van der Waals surface area (Å²) in [6, 6.07) is 7.88. The minimum atomic E-state index is -0.485. The Morgan fingerprint density at radius 3 is 2.58 bits per heavy atom. The van der Waals surface area contributed by atoms with Crippen LogP contribution in [-0.4, -0.2) is 25.7 Å². The SMILES string of the molecule is COc1ccc([C@@H]2C3=C(CC(C)(C)CC3=O)N=C(C)C2C#N)c(OC)c1. The predicted octanol–water partition coefficient (Wildman–Crippen LogP) is 4.04. The first-order valence-corrected chi connectivity index (χ1v) is 8.74. The first kappa shape index (κ1) is 18.2. The number of carbonyl (C=O) groups is 1. The molecule has 0 bridgehead atoms. The molecule has 0 spiro atoms. The molecule has 1 aromatic carbocycles. The molecule has 0 N–H and O–H groups in total. The maximum Gasteiger partial charge on any atom is 0.161 e. The molecule has 0 saturated heterocycles. The molecule has 2 aliphatic rings. The van der Waals surface area contributed by atoms with Gasteiger partial charge >= 0.3 is 0 Å². The molecule has 1 unspecified atom stereocenters. The highest BCUT2D eigenvalue weighted by molar-refractivity contribution is 6.03. The lowest BCUT2D eigenvalue weighted by atomic mass is 9.67. The Morgan fingerprint density at radius 1 is 1.23 bits per heavy atom.